The topological polar surface area (TPSA) is 15.3 Å². The number of hydrogen-bond donors (Lipinski definition) is 1. The van der Waals surface area contributed by atoms with Crippen LogP contribution in [0, 0.1) is 5.92 Å². The van der Waals surface area contributed by atoms with Crippen molar-refractivity contribution in [3.63, 3.8) is 0 Å². The van der Waals surface area contributed by atoms with Gasteiger partial charge in [-0.15, -0.1) is 0 Å². The Kier molecular flexibility index (Phi) is 3.44. The molecule has 0 bridgehead atoms. The third kappa shape index (κ3) is 2.70. The second-order valence-electron chi connectivity index (χ2n) is 5.47. The molecule has 1 fully saturated rings. The number of rotatable bonds is 2. The van der Waals surface area contributed by atoms with Crippen LogP contribution in [0.15, 0.2) is 24.3 Å². The van der Waals surface area contributed by atoms with Crippen LogP contribution in [0.1, 0.15) is 24.0 Å². The van der Waals surface area contributed by atoms with E-state index in [2.05, 4.69) is 34.5 Å². The monoisotopic (exact) mass is 230 g/mol. The number of nitrogens with one attached hydrogen (secondary N) is 1. The maximum Gasteiger partial charge on any atom is 0.0236 e. The molecular formula is C15H22N2. The molecule has 0 amide bonds. The largest absolute Gasteiger partial charge is 0.316 e. The quantitative estimate of drug-likeness (QED) is 0.836. The van der Waals surface area contributed by atoms with Crippen molar-refractivity contribution in [2.45, 2.75) is 25.8 Å². The molecular weight excluding hydrogens is 208 g/mol. The van der Waals surface area contributed by atoms with Gasteiger partial charge in [0.15, 0.2) is 0 Å². The van der Waals surface area contributed by atoms with Crippen LogP contribution in [0.25, 0.3) is 0 Å². The standard InChI is InChI=1S/C15H22N2/c1-2-6-15-12-17(9-7-14(15)5-1)11-13-4-3-8-16-10-13/h1-2,5-6,13,16H,3-4,7-12H2. The number of piperidine rings is 1. The number of fused-ring (bicyclic) bond motifs is 1. The normalized spacial score (nSPS) is 25.5. The fourth-order valence-corrected chi connectivity index (χ4v) is 3.15. The molecule has 2 heterocycles. The molecule has 0 aromatic heterocycles. The van der Waals surface area contributed by atoms with Gasteiger partial charge >= 0.3 is 0 Å². The number of benzene rings is 1. The Balaban J connectivity index is 1.60. The highest BCUT2D eigenvalue weighted by atomic mass is 15.1. The van der Waals surface area contributed by atoms with E-state index in [1.807, 2.05) is 0 Å². The second kappa shape index (κ2) is 5.19. The summed E-state index contributed by atoms with van der Waals surface area (Å²) in [5.74, 6) is 0.869. The Labute approximate surface area is 104 Å². The van der Waals surface area contributed by atoms with E-state index in [-0.39, 0.29) is 0 Å². The van der Waals surface area contributed by atoms with Gasteiger partial charge in [0.1, 0.15) is 0 Å². The summed E-state index contributed by atoms with van der Waals surface area (Å²) < 4.78 is 0. The first-order valence-corrected chi connectivity index (χ1v) is 6.91. The highest BCUT2D eigenvalue weighted by molar-refractivity contribution is 5.29. The van der Waals surface area contributed by atoms with Crippen molar-refractivity contribution in [1.82, 2.24) is 10.2 Å². The Bertz CT molecular complexity index is 369. The zero-order valence-corrected chi connectivity index (χ0v) is 10.5. The number of nitrogens with zero attached hydrogens (tertiary/aromatic N) is 1. The predicted octanol–water partition coefficient (Wildman–Crippen LogP) is 2.04. The molecule has 2 nitrogen and oxygen atoms in total. The molecule has 0 saturated carbocycles. The first-order valence-electron chi connectivity index (χ1n) is 6.91. The SMILES string of the molecule is c1ccc2c(c1)CCN(CC1CCCNC1)C2. The molecule has 1 unspecified atom stereocenters. The van der Waals surface area contributed by atoms with Crippen molar-refractivity contribution in [3.05, 3.63) is 35.4 Å². The van der Waals surface area contributed by atoms with Gasteiger partial charge in [0.2, 0.25) is 0 Å². The summed E-state index contributed by atoms with van der Waals surface area (Å²) in [6, 6.07) is 8.92. The van der Waals surface area contributed by atoms with Gasteiger partial charge in [-0.25, -0.2) is 0 Å². The molecule has 92 valence electrons. The van der Waals surface area contributed by atoms with Gasteiger partial charge in [-0.05, 0) is 49.4 Å². The third-order valence-electron chi connectivity index (χ3n) is 4.13. The average Bonchev–Trinajstić information content (AvgIpc) is 2.40. The summed E-state index contributed by atoms with van der Waals surface area (Å²) in [6.45, 7) is 6.12. The predicted molar refractivity (Wildman–Crippen MR) is 71.0 cm³/mol. The van der Waals surface area contributed by atoms with Gasteiger partial charge in [-0.1, -0.05) is 24.3 Å². The van der Waals surface area contributed by atoms with E-state index >= 15 is 0 Å². The minimum absolute atomic E-state index is 0.869. The van der Waals surface area contributed by atoms with Crippen LogP contribution in [-0.4, -0.2) is 31.1 Å². The van der Waals surface area contributed by atoms with Crippen LogP contribution < -0.4 is 5.32 Å². The Morgan fingerprint density at radius 1 is 1.24 bits per heavy atom. The smallest absolute Gasteiger partial charge is 0.0236 e. The Morgan fingerprint density at radius 2 is 2.12 bits per heavy atom. The van der Waals surface area contributed by atoms with Crippen molar-refractivity contribution >= 4 is 0 Å². The van der Waals surface area contributed by atoms with E-state index in [1.165, 1.54) is 45.4 Å². The van der Waals surface area contributed by atoms with Crippen LogP contribution in [0.2, 0.25) is 0 Å². The Morgan fingerprint density at radius 3 is 2.94 bits per heavy atom. The molecule has 0 radical (unpaired) electrons. The lowest BCUT2D eigenvalue weighted by Crippen LogP contribution is -2.40. The summed E-state index contributed by atoms with van der Waals surface area (Å²) in [6.07, 6.45) is 4.00. The van der Waals surface area contributed by atoms with E-state index < -0.39 is 0 Å². The van der Waals surface area contributed by atoms with Crippen LogP contribution in [0.5, 0.6) is 0 Å². The van der Waals surface area contributed by atoms with Gasteiger partial charge in [0.25, 0.3) is 0 Å². The van der Waals surface area contributed by atoms with E-state index in [0.29, 0.717) is 0 Å². The Hall–Kier alpha value is -0.860. The molecule has 2 heteroatoms. The van der Waals surface area contributed by atoms with E-state index in [0.717, 1.165) is 12.5 Å². The molecule has 1 saturated heterocycles. The van der Waals surface area contributed by atoms with Crippen LogP contribution in [0.3, 0.4) is 0 Å². The molecule has 1 atom stereocenters. The maximum absolute atomic E-state index is 3.52. The van der Waals surface area contributed by atoms with Crippen molar-refractivity contribution in [2.75, 3.05) is 26.2 Å². The van der Waals surface area contributed by atoms with Crippen molar-refractivity contribution < 1.29 is 0 Å². The fraction of sp³-hybridized carbons (Fsp3) is 0.600. The minimum atomic E-state index is 0.869. The summed E-state index contributed by atoms with van der Waals surface area (Å²) in [7, 11) is 0. The van der Waals surface area contributed by atoms with E-state index in [1.54, 1.807) is 11.1 Å². The summed E-state index contributed by atoms with van der Waals surface area (Å²) >= 11 is 0. The summed E-state index contributed by atoms with van der Waals surface area (Å²) in [5.41, 5.74) is 3.10. The molecule has 1 N–H and O–H groups in total. The summed E-state index contributed by atoms with van der Waals surface area (Å²) in [5, 5.41) is 3.52. The molecule has 2 aliphatic heterocycles. The third-order valence-corrected chi connectivity index (χ3v) is 4.13. The molecule has 0 aliphatic carbocycles. The summed E-state index contributed by atoms with van der Waals surface area (Å²) in [4.78, 5) is 2.64. The van der Waals surface area contributed by atoms with Gasteiger partial charge in [0.05, 0.1) is 0 Å². The zero-order valence-electron chi connectivity index (χ0n) is 10.5. The highest BCUT2D eigenvalue weighted by Crippen LogP contribution is 2.20. The molecule has 2 aliphatic rings. The molecule has 3 rings (SSSR count). The number of hydrogen-bond acceptors (Lipinski definition) is 2. The first kappa shape index (κ1) is 11.2. The maximum atomic E-state index is 3.52. The minimum Gasteiger partial charge on any atom is -0.316 e. The lowest BCUT2D eigenvalue weighted by Gasteiger charge is -2.33. The van der Waals surface area contributed by atoms with Crippen molar-refractivity contribution in [2.24, 2.45) is 5.92 Å². The lowest BCUT2D eigenvalue weighted by molar-refractivity contribution is 0.194. The highest BCUT2D eigenvalue weighted by Gasteiger charge is 2.20. The van der Waals surface area contributed by atoms with Gasteiger partial charge in [0, 0.05) is 19.6 Å². The van der Waals surface area contributed by atoms with Crippen molar-refractivity contribution in [1.29, 1.82) is 0 Å². The van der Waals surface area contributed by atoms with Crippen LogP contribution in [-0.2, 0) is 13.0 Å². The van der Waals surface area contributed by atoms with Crippen molar-refractivity contribution in [3.8, 4) is 0 Å². The molecule has 1 aromatic rings. The first-order chi connectivity index (χ1) is 8.42. The molecule has 0 spiro atoms. The van der Waals surface area contributed by atoms with E-state index in [4.69, 9.17) is 0 Å². The van der Waals surface area contributed by atoms with E-state index in [9.17, 15) is 0 Å². The zero-order chi connectivity index (χ0) is 11.5. The second-order valence-corrected chi connectivity index (χ2v) is 5.47. The molecule has 17 heavy (non-hydrogen) atoms. The van der Waals surface area contributed by atoms with Gasteiger partial charge in [-0.2, -0.15) is 0 Å². The average molecular weight is 230 g/mol. The van der Waals surface area contributed by atoms with Gasteiger partial charge in [-0.3, -0.25) is 4.90 Å². The van der Waals surface area contributed by atoms with Crippen LogP contribution >= 0.6 is 0 Å². The van der Waals surface area contributed by atoms with Crippen LogP contribution in [0.4, 0.5) is 0 Å². The molecule has 1 aromatic carbocycles. The fourth-order valence-electron chi connectivity index (χ4n) is 3.15. The lowest BCUT2D eigenvalue weighted by atomic mass is 9.95. The van der Waals surface area contributed by atoms with Gasteiger partial charge < -0.3 is 5.32 Å².